The van der Waals surface area contributed by atoms with Gasteiger partial charge in [-0.15, -0.1) is 0 Å². The lowest BCUT2D eigenvalue weighted by Crippen LogP contribution is -2.44. The summed E-state index contributed by atoms with van der Waals surface area (Å²) in [7, 11) is -7.05. The van der Waals surface area contributed by atoms with E-state index in [1.165, 1.54) is 18.2 Å². The maximum absolute atomic E-state index is 13.1. The van der Waals surface area contributed by atoms with Crippen molar-refractivity contribution in [3.05, 3.63) is 30.1 Å². The molecule has 1 atom stereocenters. The lowest BCUT2D eigenvalue weighted by molar-refractivity contribution is -0.116. The first kappa shape index (κ1) is 17.8. The number of halogens is 1. The van der Waals surface area contributed by atoms with Gasteiger partial charge in [-0.2, -0.15) is 4.31 Å². The van der Waals surface area contributed by atoms with Crippen LogP contribution in [0.15, 0.2) is 24.3 Å². The van der Waals surface area contributed by atoms with Crippen molar-refractivity contribution in [3.63, 3.8) is 0 Å². The van der Waals surface area contributed by atoms with Crippen molar-refractivity contribution in [2.45, 2.75) is 12.5 Å². The average Bonchev–Trinajstić information content (AvgIpc) is 2.74. The Morgan fingerprint density at radius 1 is 1.43 bits per heavy atom. The summed E-state index contributed by atoms with van der Waals surface area (Å²) in [5.41, 5.74) is 0.197. The normalized spacial score (nSPS) is 20.6. The molecule has 1 aliphatic rings. The predicted molar refractivity (Wildman–Crippen MR) is 83.6 cm³/mol. The van der Waals surface area contributed by atoms with Gasteiger partial charge in [-0.05, 0) is 24.6 Å². The molecule has 23 heavy (non-hydrogen) atoms. The molecule has 0 saturated carbocycles. The Hall–Kier alpha value is -1.52. The molecule has 1 aromatic rings. The van der Waals surface area contributed by atoms with Crippen LogP contribution >= 0.6 is 0 Å². The van der Waals surface area contributed by atoms with Crippen LogP contribution in [0.3, 0.4) is 0 Å². The third kappa shape index (κ3) is 4.98. The van der Waals surface area contributed by atoms with Gasteiger partial charge >= 0.3 is 0 Å². The zero-order valence-corrected chi connectivity index (χ0v) is 14.0. The summed E-state index contributed by atoms with van der Waals surface area (Å²) in [4.78, 5) is 12.0. The Labute approximate surface area is 134 Å². The van der Waals surface area contributed by atoms with Crippen LogP contribution in [0.5, 0.6) is 0 Å². The number of nitrogens with one attached hydrogen (secondary N) is 1. The van der Waals surface area contributed by atoms with Crippen molar-refractivity contribution in [1.82, 2.24) is 4.31 Å². The third-order valence-electron chi connectivity index (χ3n) is 3.45. The van der Waals surface area contributed by atoms with Crippen molar-refractivity contribution in [1.29, 1.82) is 0 Å². The van der Waals surface area contributed by atoms with E-state index in [9.17, 15) is 26.0 Å². The number of benzene rings is 1. The van der Waals surface area contributed by atoms with Gasteiger partial charge in [0.25, 0.3) is 0 Å². The molecule has 1 unspecified atom stereocenters. The van der Waals surface area contributed by atoms with Crippen molar-refractivity contribution in [2.24, 2.45) is 0 Å². The summed E-state index contributed by atoms with van der Waals surface area (Å²) in [6.45, 7) is -0.518. The van der Waals surface area contributed by atoms with Crippen LogP contribution < -0.4 is 5.32 Å². The molecular formula is C13H17FN2O5S2. The molecular weight excluding hydrogens is 347 g/mol. The van der Waals surface area contributed by atoms with Crippen molar-refractivity contribution < 1.29 is 26.0 Å². The smallest absolute Gasteiger partial charge is 0.239 e. The number of hydrogen-bond acceptors (Lipinski definition) is 5. The summed E-state index contributed by atoms with van der Waals surface area (Å²) in [6, 6.07) is 4.42. The summed E-state index contributed by atoms with van der Waals surface area (Å²) < 4.78 is 60.7. The summed E-state index contributed by atoms with van der Waals surface area (Å²) in [5.74, 6) is -1.60. The average molecular weight is 364 g/mol. The highest BCUT2D eigenvalue weighted by Gasteiger charge is 2.37. The molecule has 0 aliphatic carbocycles. The van der Waals surface area contributed by atoms with Gasteiger partial charge in [0.05, 0.1) is 24.3 Å². The van der Waals surface area contributed by atoms with Crippen LogP contribution in [0, 0.1) is 5.82 Å². The molecule has 0 aromatic heterocycles. The van der Waals surface area contributed by atoms with Crippen molar-refractivity contribution in [2.75, 3.05) is 29.6 Å². The second-order valence-corrected chi connectivity index (χ2v) is 9.59. The van der Waals surface area contributed by atoms with Crippen molar-refractivity contribution >= 4 is 31.5 Å². The van der Waals surface area contributed by atoms with Gasteiger partial charge in [-0.1, -0.05) is 6.07 Å². The highest BCUT2D eigenvalue weighted by Crippen LogP contribution is 2.20. The first-order valence-electron chi connectivity index (χ1n) is 6.79. The topological polar surface area (TPSA) is 101 Å². The molecule has 1 fully saturated rings. The number of carbonyl (C=O) groups excluding carboxylic acids is 1. The number of nitrogens with zero attached hydrogens (tertiary/aromatic N) is 1. The van der Waals surface area contributed by atoms with Gasteiger partial charge < -0.3 is 5.32 Å². The molecule has 1 heterocycles. The zero-order valence-electron chi connectivity index (χ0n) is 12.4. The van der Waals surface area contributed by atoms with Crippen molar-refractivity contribution in [3.8, 4) is 0 Å². The second kappa shape index (κ2) is 6.54. The summed E-state index contributed by atoms with van der Waals surface area (Å²) in [6.07, 6.45) is 1.08. The minimum atomic E-state index is -3.76. The van der Waals surface area contributed by atoms with E-state index in [1.807, 2.05) is 0 Å². The Bertz CT molecular complexity index is 807. The van der Waals surface area contributed by atoms with Crippen LogP contribution in [0.4, 0.5) is 10.1 Å². The van der Waals surface area contributed by atoms with Crippen LogP contribution in [-0.4, -0.2) is 57.4 Å². The minimum Gasteiger partial charge on any atom is -0.325 e. The Kier molecular flexibility index (Phi) is 5.07. The molecule has 10 heteroatoms. The first-order valence-corrected chi connectivity index (χ1v) is 10.5. The number of hydrogen-bond donors (Lipinski definition) is 1. The van der Waals surface area contributed by atoms with Crippen LogP contribution in [-0.2, 0) is 24.7 Å². The predicted octanol–water partition coefficient (Wildman–Crippen LogP) is 0.213. The molecule has 1 saturated heterocycles. The van der Waals surface area contributed by atoms with E-state index < -0.39 is 44.2 Å². The highest BCUT2D eigenvalue weighted by molar-refractivity contribution is 7.92. The first-order chi connectivity index (χ1) is 10.6. The fourth-order valence-corrected chi connectivity index (χ4v) is 5.33. The number of sulfone groups is 1. The standard InChI is InChI=1S/C13H17FN2O5S2/c1-22(18,19)16(12-5-6-23(20,21)9-12)8-13(17)15-11-4-2-3-10(14)7-11/h2-4,7,12H,5-6,8-9H2,1H3,(H,15,17). The van der Waals surface area contributed by atoms with E-state index in [2.05, 4.69) is 5.32 Å². The molecule has 2 rings (SSSR count). The minimum absolute atomic E-state index is 0.102. The maximum atomic E-state index is 13.1. The molecule has 1 amide bonds. The van der Waals surface area contributed by atoms with E-state index >= 15 is 0 Å². The zero-order chi connectivity index (χ0) is 17.3. The van der Waals surface area contributed by atoms with Crippen LogP contribution in [0.1, 0.15) is 6.42 Å². The van der Waals surface area contributed by atoms with E-state index in [0.29, 0.717) is 0 Å². The van der Waals surface area contributed by atoms with Gasteiger partial charge in [-0.25, -0.2) is 21.2 Å². The summed E-state index contributed by atoms with van der Waals surface area (Å²) in [5, 5.41) is 2.40. The molecule has 1 aromatic carbocycles. The molecule has 1 aliphatic heterocycles. The van der Waals surface area contributed by atoms with Gasteiger partial charge in [-0.3, -0.25) is 4.79 Å². The van der Waals surface area contributed by atoms with Gasteiger partial charge in [0, 0.05) is 11.7 Å². The number of anilines is 1. The largest absolute Gasteiger partial charge is 0.325 e. The number of amides is 1. The van der Waals surface area contributed by atoms with Crippen LogP contribution in [0.25, 0.3) is 0 Å². The second-order valence-electron chi connectivity index (χ2n) is 5.42. The molecule has 128 valence electrons. The van der Waals surface area contributed by atoms with E-state index in [4.69, 9.17) is 0 Å². The molecule has 7 nitrogen and oxygen atoms in total. The number of rotatable bonds is 5. The fraction of sp³-hybridized carbons (Fsp3) is 0.462. The Morgan fingerprint density at radius 3 is 2.65 bits per heavy atom. The van der Waals surface area contributed by atoms with E-state index in [1.54, 1.807) is 0 Å². The quantitative estimate of drug-likeness (QED) is 0.805. The summed E-state index contributed by atoms with van der Waals surface area (Å²) >= 11 is 0. The number of carbonyl (C=O) groups is 1. The van der Waals surface area contributed by atoms with Gasteiger partial charge in [0.2, 0.25) is 15.9 Å². The maximum Gasteiger partial charge on any atom is 0.239 e. The lowest BCUT2D eigenvalue weighted by Gasteiger charge is -2.24. The monoisotopic (exact) mass is 364 g/mol. The molecule has 0 radical (unpaired) electrons. The Morgan fingerprint density at radius 2 is 2.13 bits per heavy atom. The van der Waals surface area contributed by atoms with E-state index in [0.717, 1.165) is 16.6 Å². The molecule has 1 N–H and O–H groups in total. The SMILES string of the molecule is CS(=O)(=O)N(CC(=O)Nc1cccc(F)c1)C1CCS(=O)(=O)C1. The fourth-order valence-electron chi connectivity index (χ4n) is 2.43. The lowest BCUT2D eigenvalue weighted by atomic mass is 10.2. The van der Waals surface area contributed by atoms with Gasteiger partial charge in [0.15, 0.2) is 9.84 Å². The highest BCUT2D eigenvalue weighted by atomic mass is 32.2. The van der Waals surface area contributed by atoms with Crippen LogP contribution in [0.2, 0.25) is 0 Å². The third-order valence-corrected chi connectivity index (χ3v) is 6.48. The number of sulfonamides is 1. The van der Waals surface area contributed by atoms with E-state index in [-0.39, 0.29) is 23.6 Å². The molecule has 0 bridgehead atoms. The van der Waals surface area contributed by atoms with Gasteiger partial charge in [0.1, 0.15) is 5.82 Å². The molecule has 0 spiro atoms. The Balaban J connectivity index is 2.11.